The zero-order valence-corrected chi connectivity index (χ0v) is 17.8. The smallest absolute Gasteiger partial charge is 0.318 e. The molecule has 166 valence electrons. The van der Waals surface area contributed by atoms with Crippen molar-refractivity contribution in [2.45, 2.75) is 19.0 Å². The van der Waals surface area contributed by atoms with E-state index in [0.717, 1.165) is 23.2 Å². The lowest BCUT2D eigenvalue weighted by Gasteiger charge is -2.36. The first kappa shape index (κ1) is 19.7. The third-order valence-electron chi connectivity index (χ3n) is 6.34. The molecule has 3 heterocycles. The van der Waals surface area contributed by atoms with Crippen molar-refractivity contribution >= 4 is 16.9 Å². The number of urea groups is 1. The number of ether oxygens (including phenoxy) is 2. The lowest BCUT2D eigenvalue weighted by molar-refractivity contribution is 0.173. The SMILES string of the molecule is O=C(NCc1cccc(F)c1)N1CCc2c([nH]c3ccccc23)C1c1ccc2c(c1)OCO2. The van der Waals surface area contributed by atoms with E-state index >= 15 is 0 Å². The average Bonchev–Trinajstić information content (AvgIpc) is 3.46. The number of hydrogen-bond donors (Lipinski definition) is 2. The molecule has 4 aromatic rings. The molecule has 0 saturated carbocycles. The first-order chi connectivity index (χ1) is 16.2. The van der Waals surface area contributed by atoms with E-state index in [9.17, 15) is 9.18 Å². The Morgan fingerprint density at radius 1 is 1.06 bits per heavy atom. The molecule has 0 fully saturated rings. The fraction of sp³-hybridized carbons (Fsp3) is 0.192. The Kier molecular flexibility index (Phi) is 4.68. The van der Waals surface area contributed by atoms with Crippen LogP contribution >= 0.6 is 0 Å². The molecule has 3 aromatic carbocycles. The van der Waals surface area contributed by atoms with Gasteiger partial charge in [0.2, 0.25) is 6.79 Å². The molecular weight excluding hydrogens is 421 g/mol. The van der Waals surface area contributed by atoms with E-state index in [-0.39, 0.29) is 31.2 Å². The minimum atomic E-state index is -0.319. The Bertz CT molecular complexity index is 1370. The second kappa shape index (κ2) is 7.85. The van der Waals surface area contributed by atoms with E-state index in [2.05, 4.69) is 22.4 Å². The van der Waals surface area contributed by atoms with Gasteiger partial charge in [-0.1, -0.05) is 36.4 Å². The molecule has 0 bridgehead atoms. The first-order valence-corrected chi connectivity index (χ1v) is 11.0. The summed E-state index contributed by atoms with van der Waals surface area (Å²) in [7, 11) is 0. The molecule has 1 aromatic heterocycles. The highest BCUT2D eigenvalue weighted by Gasteiger charge is 2.35. The Balaban J connectivity index is 1.37. The van der Waals surface area contributed by atoms with Crippen LogP contribution in [0.3, 0.4) is 0 Å². The number of amides is 2. The van der Waals surface area contributed by atoms with Crippen LogP contribution in [0, 0.1) is 5.82 Å². The van der Waals surface area contributed by atoms with Gasteiger partial charge >= 0.3 is 6.03 Å². The van der Waals surface area contributed by atoms with E-state index in [1.165, 1.54) is 23.1 Å². The molecular formula is C26H22FN3O3. The van der Waals surface area contributed by atoms with E-state index in [1.54, 1.807) is 12.1 Å². The first-order valence-electron chi connectivity index (χ1n) is 11.0. The summed E-state index contributed by atoms with van der Waals surface area (Å²) in [6.07, 6.45) is 0.744. The van der Waals surface area contributed by atoms with Gasteiger partial charge in [0.05, 0.1) is 6.04 Å². The van der Waals surface area contributed by atoms with Crippen molar-refractivity contribution in [2.75, 3.05) is 13.3 Å². The zero-order chi connectivity index (χ0) is 22.4. The lowest BCUT2D eigenvalue weighted by atomic mass is 9.92. The molecule has 6 rings (SSSR count). The van der Waals surface area contributed by atoms with Gasteiger partial charge in [0.25, 0.3) is 0 Å². The van der Waals surface area contributed by atoms with Crippen LogP contribution < -0.4 is 14.8 Å². The molecule has 6 nitrogen and oxygen atoms in total. The van der Waals surface area contributed by atoms with Crippen molar-refractivity contribution in [3.8, 4) is 11.5 Å². The lowest BCUT2D eigenvalue weighted by Crippen LogP contribution is -2.45. The van der Waals surface area contributed by atoms with Gasteiger partial charge in [0.1, 0.15) is 5.82 Å². The van der Waals surface area contributed by atoms with Gasteiger partial charge in [-0.25, -0.2) is 9.18 Å². The molecule has 2 N–H and O–H groups in total. The quantitative estimate of drug-likeness (QED) is 0.474. The van der Waals surface area contributed by atoms with E-state index in [4.69, 9.17) is 9.47 Å². The van der Waals surface area contributed by atoms with E-state index in [1.807, 2.05) is 35.2 Å². The van der Waals surface area contributed by atoms with Gasteiger partial charge in [0.15, 0.2) is 11.5 Å². The van der Waals surface area contributed by atoms with Crippen LogP contribution in [0.4, 0.5) is 9.18 Å². The summed E-state index contributed by atoms with van der Waals surface area (Å²) in [5, 5.41) is 4.14. The highest BCUT2D eigenvalue weighted by atomic mass is 19.1. The summed E-state index contributed by atoms with van der Waals surface area (Å²) in [6.45, 7) is 1.00. The number of carbonyl (C=O) groups excluding carboxylic acids is 1. The van der Waals surface area contributed by atoms with Crippen molar-refractivity contribution in [3.05, 3.63) is 94.9 Å². The van der Waals surface area contributed by atoms with E-state index < -0.39 is 0 Å². The second-order valence-electron chi connectivity index (χ2n) is 8.31. The number of para-hydroxylation sites is 1. The van der Waals surface area contributed by atoms with Crippen LogP contribution in [0.15, 0.2) is 66.7 Å². The molecule has 7 heteroatoms. The largest absolute Gasteiger partial charge is 0.454 e. The zero-order valence-electron chi connectivity index (χ0n) is 17.8. The third-order valence-corrected chi connectivity index (χ3v) is 6.34. The van der Waals surface area contributed by atoms with Crippen LogP contribution in [-0.2, 0) is 13.0 Å². The van der Waals surface area contributed by atoms with Gasteiger partial charge in [-0.05, 0) is 53.4 Å². The highest BCUT2D eigenvalue weighted by Crippen LogP contribution is 2.42. The number of nitrogens with zero attached hydrogens (tertiary/aromatic N) is 1. The molecule has 2 amide bonds. The van der Waals surface area contributed by atoms with Crippen molar-refractivity contribution in [2.24, 2.45) is 0 Å². The van der Waals surface area contributed by atoms with Gasteiger partial charge in [0, 0.05) is 29.7 Å². The summed E-state index contributed by atoms with van der Waals surface area (Å²) in [4.78, 5) is 18.7. The van der Waals surface area contributed by atoms with Crippen molar-refractivity contribution in [3.63, 3.8) is 0 Å². The maximum atomic E-state index is 13.6. The minimum absolute atomic E-state index is 0.193. The summed E-state index contributed by atoms with van der Waals surface area (Å²) in [5.41, 5.74) is 4.93. The molecule has 1 unspecified atom stereocenters. The molecule has 2 aliphatic rings. The van der Waals surface area contributed by atoms with E-state index in [0.29, 0.717) is 23.6 Å². The Morgan fingerprint density at radius 2 is 1.94 bits per heavy atom. The second-order valence-corrected chi connectivity index (χ2v) is 8.31. The summed E-state index contributed by atoms with van der Waals surface area (Å²) in [5.74, 6) is 1.06. The average molecular weight is 443 g/mol. The predicted molar refractivity (Wildman–Crippen MR) is 122 cm³/mol. The topological polar surface area (TPSA) is 66.6 Å². The number of H-pyrrole nitrogens is 1. The van der Waals surface area contributed by atoms with Crippen LogP contribution in [-0.4, -0.2) is 29.3 Å². The fourth-order valence-corrected chi connectivity index (χ4v) is 4.82. The fourth-order valence-electron chi connectivity index (χ4n) is 4.82. The van der Waals surface area contributed by atoms with Crippen molar-refractivity contribution in [1.29, 1.82) is 0 Å². The van der Waals surface area contributed by atoms with Crippen LogP contribution in [0.1, 0.15) is 28.4 Å². The van der Waals surface area contributed by atoms with Gasteiger partial charge in [-0.2, -0.15) is 0 Å². The summed E-state index contributed by atoms with van der Waals surface area (Å²) < 4.78 is 24.6. The highest BCUT2D eigenvalue weighted by molar-refractivity contribution is 5.86. The van der Waals surface area contributed by atoms with Crippen LogP contribution in [0.2, 0.25) is 0 Å². The maximum absolute atomic E-state index is 13.6. The van der Waals surface area contributed by atoms with Gasteiger partial charge < -0.3 is 24.7 Å². The molecule has 33 heavy (non-hydrogen) atoms. The number of benzene rings is 3. The van der Waals surface area contributed by atoms with Crippen LogP contribution in [0.5, 0.6) is 11.5 Å². The Hall–Kier alpha value is -4.00. The molecule has 1 atom stereocenters. The summed E-state index contributed by atoms with van der Waals surface area (Å²) >= 11 is 0. The Morgan fingerprint density at radius 3 is 2.85 bits per heavy atom. The molecule has 0 radical (unpaired) electrons. The molecule has 0 spiro atoms. The standard InChI is InChI=1S/C26H22FN3O3/c27-18-5-3-4-16(12-18)14-28-26(31)30-11-10-20-19-6-1-2-7-21(19)29-24(20)25(30)17-8-9-22-23(13-17)33-15-32-22/h1-9,12-13,25,29H,10-11,14-15H2,(H,28,31). The molecule has 0 aliphatic carbocycles. The maximum Gasteiger partial charge on any atom is 0.318 e. The number of halogens is 1. The number of aromatic nitrogens is 1. The minimum Gasteiger partial charge on any atom is -0.454 e. The third kappa shape index (κ3) is 3.46. The number of nitrogens with one attached hydrogen (secondary N) is 2. The number of hydrogen-bond acceptors (Lipinski definition) is 3. The van der Waals surface area contributed by atoms with Crippen molar-refractivity contribution in [1.82, 2.24) is 15.2 Å². The van der Waals surface area contributed by atoms with Gasteiger partial charge in [-0.15, -0.1) is 0 Å². The Labute approximate surface area is 189 Å². The monoisotopic (exact) mass is 443 g/mol. The summed E-state index contributed by atoms with van der Waals surface area (Å²) in [6, 6.07) is 19.8. The number of rotatable bonds is 3. The predicted octanol–water partition coefficient (Wildman–Crippen LogP) is 4.89. The van der Waals surface area contributed by atoms with Crippen LogP contribution in [0.25, 0.3) is 10.9 Å². The number of fused-ring (bicyclic) bond motifs is 4. The normalized spacial score (nSPS) is 16.6. The number of carbonyl (C=O) groups is 1. The van der Waals surface area contributed by atoms with Crippen molar-refractivity contribution < 1.29 is 18.7 Å². The van der Waals surface area contributed by atoms with Gasteiger partial charge in [-0.3, -0.25) is 0 Å². The molecule has 0 saturated heterocycles. The molecule has 2 aliphatic heterocycles. The number of aromatic amines is 1.